The highest BCUT2D eigenvalue weighted by Crippen LogP contribution is 2.39. The Morgan fingerprint density at radius 1 is 0.395 bits per heavy atom. The van der Waals surface area contributed by atoms with Gasteiger partial charge in [0.2, 0.25) is 0 Å². The lowest BCUT2D eigenvalue weighted by molar-refractivity contribution is 0.397. The van der Waals surface area contributed by atoms with E-state index in [0.29, 0.717) is 33.3 Å². The molecule has 2 N–H and O–H groups in total. The molecule has 12 aromatic rings. The SMILES string of the molecule is COc1cc(OC)c2nc(C)c3c(C)nc(-c4ccccc4C)n3c2c1.COc1cc(OC)c2nc(C)c3c(C)nc(-c4ccccc4Cl)n3c2c1.Cc1ccccc1-c1nc(C)c2c(C)nc3c(O)cc(O)cc3n12. The van der Waals surface area contributed by atoms with E-state index >= 15 is 0 Å². The Bertz CT molecular complexity index is 4090. The number of rotatable bonds is 7. The van der Waals surface area contributed by atoms with Crippen LogP contribution in [0.1, 0.15) is 45.3 Å². The minimum Gasteiger partial charge on any atom is -0.508 e. The van der Waals surface area contributed by atoms with Gasteiger partial charge in [0.15, 0.2) is 0 Å². The summed E-state index contributed by atoms with van der Waals surface area (Å²) in [7, 11) is 6.56. The van der Waals surface area contributed by atoms with Crippen LogP contribution in [0.2, 0.25) is 5.02 Å². The lowest BCUT2D eigenvalue weighted by atomic mass is 10.1. The molecule has 0 spiro atoms. The maximum atomic E-state index is 10.2. The average molecular weight is 1030 g/mol. The Hall–Kier alpha value is -8.95. The van der Waals surface area contributed by atoms with Crippen molar-refractivity contribution in [1.82, 2.24) is 43.1 Å². The maximum Gasteiger partial charge on any atom is 0.150 e. The summed E-state index contributed by atoms with van der Waals surface area (Å²) in [4.78, 5) is 28.5. The van der Waals surface area contributed by atoms with Crippen molar-refractivity contribution < 1.29 is 29.2 Å². The highest BCUT2D eigenvalue weighted by molar-refractivity contribution is 6.33. The van der Waals surface area contributed by atoms with Crippen molar-refractivity contribution >= 4 is 61.3 Å². The monoisotopic (exact) mass is 1030 g/mol. The number of ether oxygens (including phenoxy) is 4. The number of fused-ring (bicyclic) bond motifs is 9. The molecule has 15 nitrogen and oxygen atoms in total. The molecule has 6 aromatic carbocycles. The summed E-state index contributed by atoms with van der Waals surface area (Å²) in [6, 6.07) is 34.5. The quantitative estimate of drug-likeness (QED) is 0.155. The lowest BCUT2D eigenvalue weighted by Gasteiger charge is -2.13. The number of aromatic nitrogens is 9. The van der Waals surface area contributed by atoms with Gasteiger partial charge in [0.1, 0.15) is 68.5 Å². The Morgan fingerprint density at radius 3 is 1.14 bits per heavy atom. The molecule has 0 aliphatic carbocycles. The third-order valence-corrected chi connectivity index (χ3v) is 14.0. The first-order valence-electron chi connectivity index (χ1n) is 24.5. The van der Waals surface area contributed by atoms with Gasteiger partial charge in [-0.2, -0.15) is 0 Å². The number of phenols is 2. The van der Waals surface area contributed by atoms with Gasteiger partial charge in [0.25, 0.3) is 0 Å². The van der Waals surface area contributed by atoms with E-state index < -0.39 is 0 Å². The van der Waals surface area contributed by atoms with Crippen molar-refractivity contribution in [3.05, 3.63) is 160 Å². The van der Waals surface area contributed by atoms with Crippen LogP contribution < -0.4 is 18.9 Å². The van der Waals surface area contributed by atoms with Gasteiger partial charge in [-0.1, -0.05) is 72.3 Å². The van der Waals surface area contributed by atoms with Crippen LogP contribution in [-0.2, 0) is 0 Å². The zero-order valence-corrected chi connectivity index (χ0v) is 45.1. The predicted octanol–water partition coefficient (Wildman–Crippen LogP) is 13.2. The van der Waals surface area contributed by atoms with E-state index in [9.17, 15) is 10.2 Å². The zero-order valence-electron chi connectivity index (χ0n) is 44.3. The average Bonchev–Trinajstić information content (AvgIpc) is 4.12. The first-order chi connectivity index (χ1) is 36.6. The maximum absolute atomic E-state index is 10.2. The van der Waals surface area contributed by atoms with Crippen molar-refractivity contribution in [3.63, 3.8) is 0 Å². The molecule has 16 heteroatoms. The molecule has 0 aliphatic rings. The summed E-state index contributed by atoms with van der Waals surface area (Å²) in [5.41, 5.74) is 17.8. The van der Waals surface area contributed by atoms with Gasteiger partial charge in [-0.25, -0.2) is 29.9 Å². The molecule has 0 unspecified atom stereocenters. The number of halogens is 1. The van der Waals surface area contributed by atoms with E-state index in [1.54, 1.807) is 34.5 Å². The van der Waals surface area contributed by atoms with Crippen LogP contribution in [-0.4, -0.2) is 81.8 Å². The molecule has 0 fully saturated rings. The lowest BCUT2D eigenvalue weighted by Crippen LogP contribution is -2.00. The summed E-state index contributed by atoms with van der Waals surface area (Å²) in [5.74, 6) is 5.16. The van der Waals surface area contributed by atoms with Crippen LogP contribution in [0, 0.1) is 55.4 Å². The van der Waals surface area contributed by atoms with Crippen LogP contribution in [0.3, 0.4) is 0 Å². The topological polar surface area (TPSA) is 168 Å². The van der Waals surface area contributed by atoms with Gasteiger partial charge in [-0.05, 0) is 78.6 Å². The summed E-state index contributed by atoms with van der Waals surface area (Å²) in [5, 5.41) is 20.8. The van der Waals surface area contributed by atoms with Crippen molar-refractivity contribution in [1.29, 1.82) is 0 Å². The van der Waals surface area contributed by atoms with Crippen molar-refractivity contribution in [3.8, 4) is 68.7 Å². The molecule has 12 rings (SSSR count). The molecule has 6 heterocycles. The van der Waals surface area contributed by atoms with Crippen LogP contribution in [0.5, 0.6) is 34.5 Å². The van der Waals surface area contributed by atoms with Gasteiger partial charge in [0, 0.05) is 53.1 Å². The number of aryl methyl sites for hydroxylation is 8. The van der Waals surface area contributed by atoms with Crippen LogP contribution in [0.4, 0.5) is 0 Å². The largest absolute Gasteiger partial charge is 0.508 e. The number of nitrogens with zero attached hydrogens (tertiary/aromatic N) is 9. The third kappa shape index (κ3) is 8.61. The van der Waals surface area contributed by atoms with E-state index in [1.165, 1.54) is 11.6 Å². The fraction of sp³-hybridized carbons (Fsp3) is 0.200. The summed E-state index contributed by atoms with van der Waals surface area (Å²) in [6.07, 6.45) is 0. The van der Waals surface area contributed by atoms with Crippen LogP contribution >= 0.6 is 11.6 Å². The molecule has 0 saturated carbocycles. The first-order valence-corrected chi connectivity index (χ1v) is 24.9. The Balaban J connectivity index is 0.000000130. The van der Waals surface area contributed by atoms with Crippen LogP contribution in [0.15, 0.2) is 109 Å². The van der Waals surface area contributed by atoms with Gasteiger partial charge < -0.3 is 29.2 Å². The number of aromatic hydroxyl groups is 2. The zero-order chi connectivity index (χ0) is 53.9. The standard InChI is InChI=1S/C21H21N3O2.C20H18ClN3O2.C19H17N3O2/c1-12-8-6-7-9-16(12)21-23-14(3)20-13(2)22-19-17(24(20)21)10-15(25-4)11-18(19)26-5;1-11-19-12(2)23-20(14-7-5-6-8-15(14)21)24(19)16-9-13(25-3)10-17(26-4)18(16)22-11;1-10-6-4-5-7-14(10)19-21-12(3)18-11(2)20-17-15(22(18)19)8-13(23)9-16(17)24/h6-11H,1-5H3;5-10H,1-4H3;4-9,23-24H,1-3H3. The molecule has 0 radical (unpaired) electrons. The second-order valence-corrected chi connectivity index (χ2v) is 19.0. The van der Waals surface area contributed by atoms with Crippen molar-refractivity contribution in [2.24, 2.45) is 0 Å². The molecule has 76 heavy (non-hydrogen) atoms. The number of hydrogen-bond acceptors (Lipinski definition) is 12. The number of benzene rings is 6. The Labute approximate surface area is 443 Å². The van der Waals surface area contributed by atoms with E-state index in [2.05, 4.69) is 32.8 Å². The highest BCUT2D eigenvalue weighted by atomic mass is 35.5. The number of methoxy groups -OCH3 is 4. The fourth-order valence-electron chi connectivity index (χ4n) is 10.2. The first kappa shape index (κ1) is 50.6. The normalized spacial score (nSPS) is 11.3. The van der Waals surface area contributed by atoms with Gasteiger partial charge in [0.05, 0.1) is 101 Å². The summed E-state index contributed by atoms with van der Waals surface area (Å²) < 4.78 is 28.3. The number of hydrogen-bond donors (Lipinski definition) is 2. The van der Waals surface area contributed by atoms with E-state index in [1.807, 2.05) is 138 Å². The van der Waals surface area contributed by atoms with E-state index in [-0.39, 0.29) is 11.5 Å². The minimum atomic E-state index is -0.0444. The predicted molar refractivity (Wildman–Crippen MR) is 300 cm³/mol. The molecule has 0 saturated heterocycles. The molecule has 0 amide bonds. The van der Waals surface area contributed by atoms with Crippen LogP contribution in [0.25, 0.3) is 83.8 Å². The molecule has 384 valence electrons. The molecular weight excluding hydrogens is 978 g/mol. The minimum absolute atomic E-state index is 0.00552. The number of phenolic OH excluding ortho intramolecular Hbond substituents is 2. The molecular formula is C60H56ClN9O6. The van der Waals surface area contributed by atoms with Crippen molar-refractivity contribution in [2.45, 2.75) is 55.4 Å². The van der Waals surface area contributed by atoms with E-state index in [4.69, 9.17) is 55.5 Å². The third-order valence-electron chi connectivity index (χ3n) is 13.7. The Morgan fingerprint density at radius 2 is 0.750 bits per heavy atom. The fourth-order valence-corrected chi connectivity index (χ4v) is 10.4. The second kappa shape index (κ2) is 20.1. The molecule has 6 aromatic heterocycles. The Kier molecular flexibility index (Phi) is 13.3. The van der Waals surface area contributed by atoms with E-state index in [0.717, 1.165) is 118 Å². The van der Waals surface area contributed by atoms with Gasteiger partial charge in [-0.3, -0.25) is 13.2 Å². The van der Waals surface area contributed by atoms with Gasteiger partial charge >= 0.3 is 0 Å². The molecule has 0 bridgehead atoms. The van der Waals surface area contributed by atoms with Gasteiger partial charge in [-0.15, -0.1) is 0 Å². The van der Waals surface area contributed by atoms with Crippen molar-refractivity contribution in [2.75, 3.05) is 28.4 Å². The second-order valence-electron chi connectivity index (χ2n) is 18.5. The summed E-state index contributed by atoms with van der Waals surface area (Å²) in [6.45, 7) is 16.0. The molecule has 0 aliphatic heterocycles. The highest BCUT2D eigenvalue weighted by Gasteiger charge is 2.23. The summed E-state index contributed by atoms with van der Waals surface area (Å²) >= 11 is 6.46. The number of imidazole rings is 3. The smallest absolute Gasteiger partial charge is 0.150 e. The molecule has 0 atom stereocenters.